The van der Waals surface area contributed by atoms with E-state index in [4.69, 9.17) is 16.3 Å². The summed E-state index contributed by atoms with van der Waals surface area (Å²) in [5.41, 5.74) is 0.373. The van der Waals surface area contributed by atoms with Crippen molar-refractivity contribution < 1.29 is 14.3 Å². The molecule has 1 saturated heterocycles. The Bertz CT molecular complexity index is 583. The van der Waals surface area contributed by atoms with Crippen LogP contribution in [0.15, 0.2) is 24.3 Å². The third-order valence-corrected chi connectivity index (χ3v) is 3.96. The molecule has 0 saturated carbocycles. The van der Waals surface area contributed by atoms with E-state index in [0.29, 0.717) is 11.6 Å². The van der Waals surface area contributed by atoms with Gasteiger partial charge >= 0.3 is 6.09 Å². The van der Waals surface area contributed by atoms with Crippen LogP contribution in [-0.4, -0.2) is 35.6 Å². The van der Waals surface area contributed by atoms with E-state index in [0.717, 1.165) is 18.4 Å². The molecule has 5 nitrogen and oxygen atoms in total. The molecule has 1 N–H and O–H groups in total. The smallest absolute Gasteiger partial charge is 0.408 e. The molecule has 1 unspecified atom stereocenters. The van der Waals surface area contributed by atoms with Gasteiger partial charge in [-0.15, -0.1) is 0 Å². The maximum Gasteiger partial charge on any atom is 0.408 e. The second kappa shape index (κ2) is 7.21. The second-order valence-corrected chi connectivity index (χ2v) is 7.03. The zero-order valence-corrected chi connectivity index (χ0v) is 14.5. The lowest BCUT2D eigenvalue weighted by molar-refractivity contribution is -0.131. The van der Waals surface area contributed by atoms with Crippen molar-refractivity contribution in [3.63, 3.8) is 0 Å². The number of alkyl carbamates (subject to hydrolysis) is 1. The van der Waals surface area contributed by atoms with E-state index in [1.165, 1.54) is 0 Å². The number of amides is 2. The Labute approximate surface area is 141 Å². The number of ether oxygens (including phenoxy) is 1. The van der Waals surface area contributed by atoms with Crippen molar-refractivity contribution in [3.05, 3.63) is 34.9 Å². The van der Waals surface area contributed by atoms with Crippen molar-refractivity contribution in [2.24, 2.45) is 0 Å². The molecule has 6 heteroatoms. The lowest BCUT2D eigenvalue weighted by Gasteiger charge is -2.26. The zero-order valence-electron chi connectivity index (χ0n) is 13.8. The number of nitrogens with zero attached hydrogens (tertiary/aromatic N) is 1. The van der Waals surface area contributed by atoms with Gasteiger partial charge in [0.05, 0.1) is 6.04 Å². The number of hydrogen-bond acceptors (Lipinski definition) is 3. The summed E-state index contributed by atoms with van der Waals surface area (Å²) in [5, 5.41) is 3.18. The first kappa shape index (κ1) is 17.6. The Morgan fingerprint density at radius 2 is 2.04 bits per heavy atom. The summed E-state index contributed by atoms with van der Waals surface area (Å²) in [6.45, 7) is 5.94. The van der Waals surface area contributed by atoms with Gasteiger partial charge in [-0.2, -0.15) is 0 Å². The number of benzene rings is 1. The number of hydrogen-bond donors (Lipinski definition) is 1. The second-order valence-electron chi connectivity index (χ2n) is 6.62. The monoisotopic (exact) mass is 338 g/mol. The number of carbonyl (C=O) groups excluding carboxylic acids is 2. The lowest BCUT2D eigenvalue weighted by atomic mass is 10.0. The molecule has 1 aliphatic heterocycles. The number of rotatable bonds is 3. The minimum atomic E-state index is -0.584. The average Bonchev–Trinajstić information content (AvgIpc) is 2.92. The van der Waals surface area contributed by atoms with Gasteiger partial charge in [-0.05, 0) is 45.2 Å². The first-order valence-corrected chi connectivity index (χ1v) is 8.16. The highest BCUT2D eigenvalue weighted by Crippen LogP contribution is 2.35. The molecule has 0 bridgehead atoms. The molecule has 126 valence electrons. The fraction of sp³-hybridized carbons (Fsp3) is 0.529. The summed E-state index contributed by atoms with van der Waals surface area (Å²) < 4.78 is 5.14. The van der Waals surface area contributed by atoms with E-state index < -0.39 is 11.7 Å². The van der Waals surface area contributed by atoms with Gasteiger partial charge in [-0.3, -0.25) is 4.79 Å². The summed E-state index contributed by atoms with van der Waals surface area (Å²) in [7, 11) is 0. The predicted octanol–water partition coefficient (Wildman–Crippen LogP) is 3.53. The molecule has 23 heavy (non-hydrogen) atoms. The van der Waals surface area contributed by atoms with Crippen molar-refractivity contribution in [1.82, 2.24) is 10.2 Å². The standard InChI is InChI=1S/C17H23ClN2O3/c1-17(2,3)23-16(22)19-11-15(21)20-10-6-9-14(20)12-7-4-5-8-13(12)18/h4-5,7-8,14H,6,9-11H2,1-3H3,(H,19,22). The molecule has 1 aromatic rings. The van der Waals surface area contributed by atoms with Crippen molar-refractivity contribution in [3.8, 4) is 0 Å². The molecular weight excluding hydrogens is 316 g/mol. The van der Waals surface area contributed by atoms with Gasteiger partial charge in [-0.1, -0.05) is 29.8 Å². The molecule has 1 heterocycles. The van der Waals surface area contributed by atoms with Gasteiger partial charge < -0.3 is 15.0 Å². The highest BCUT2D eigenvalue weighted by Gasteiger charge is 2.31. The molecule has 1 aromatic carbocycles. The lowest BCUT2D eigenvalue weighted by Crippen LogP contribution is -2.41. The van der Waals surface area contributed by atoms with E-state index in [2.05, 4.69) is 5.32 Å². The van der Waals surface area contributed by atoms with E-state index in [9.17, 15) is 9.59 Å². The Morgan fingerprint density at radius 3 is 2.70 bits per heavy atom. The SMILES string of the molecule is CC(C)(C)OC(=O)NCC(=O)N1CCCC1c1ccccc1Cl. The van der Waals surface area contributed by atoms with Crippen molar-refractivity contribution >= 4 is 23.6 Å². The van der Waals surface area contributed by atoms with Gasteiger partial charge in [-0.25, -0.2) is 4.79 Å². The molecule has 0 spiro atoms. The van der Waals surface area contributed by atoms with Gasteiger partial charge in [0.15, 0.2) is 0 Å². The fourth-order valence-electron chi connectivity index (χ4n) is 2.70. The maximum absolute atomic E-state index is 12.4. The fourth-order valence-corrected chi connectivity index (χ4v) is 2.96. The van der Waals surface area contributed by atoms with Crippen LogP contribution in [0, 0.1) is 0 Å². The van der Waals surface area contributed by atoms with Gasteiger partial charge in [0.25, 0.3) is 0 Å². The molecule has 2 rings (SSSR count). The molecule has 0 radical (unpaired) electrons. The van der Waals surface area contributed by atoms with E-state index in [-0.39, 0.29) is 18.5 Å². The first-order valence-electron chi connectivity index (χ1n) is 7.78. The highest BCUT2D eigenvalue weighted by molar-refractivity contribution is 6.31. The molecule has 1 aliphatic rings. The topological polar surface area (TPSA) is 58.6 Å². The molecule has 0 aromatic heterocycles. The van der Waals surface area contributed by atoms with Crippen LogP contribution in [0.1, 0.15) is 45.2 Å². The van der Waals surface area contributed by atoms with Gasteiger partial charge in [0.1, 0.15) is 12.1 Å². The van der Waals surface area contributed by atoms with Crippen LogP contribution in [0.4, 0.5) is 4.79 Å². The number of halogens is 1. The molecule has 0 aliphatic carbocycles. The first-order chi connectivity index (χ1) is 10.8. The number of carbonyl (C=O) groups is 2. The van der Waals surface area contributed by atoms with E-state index in [1.54, 1.807) is 25.7 Å². The highest BCUT2D eigenvalue weighted by atomic mass is 35.5. The average molecular weight is 339 g/mol. The third kappa shape index (κ3) is 4.86. The van der Waals surface area contributed by atoms with Crippen LogP contribution in [0.5, 0.6) is 0 Å². The Kier molecular flexibility index (Phi) is 5.52. The summed E-state index contributed by atoms with van der Waals surface area (Å²) in [6, 6.07) is 7.53. The van der Waals surface area contributed by atoms with Crippen LogP contribution < -0.4 is 5.32 Å². The van der Waals surface area contributed by atoms with Crippen LogP contribution in [0.3, 0.4) is 0 Å². The number of likely N-dealkylation sites (tertiary alicyclic amines) is 1. The van der Waals surface area contributed by atoms with Crippen LogP contribution >= 0.6 is 11.6 Å². The summed E-state index contributed by atoms with van der Waals surface area (Å²) in [6.07, 6.45) is 1.22. The van der Waals surface area contributed by atoms with E-state index >= 15 is 0 Å². The Hall–Kier alpha value is -1.75. The summed E-state index contributed by atoms with van der Waals surface area (Å²) in [5.74, 6) is -0.127. The molecule has 1 atom stereocenters. The van der Waals surface area contributed by atoms with Gasteiger partial charge in [0.2, 0.25) is 5.91 Å². The maximum atomic E-state index is 12.4. The van der Waals surface area contributed by atoms with Crippen molar-refractivity contribution in [2.45, 2.75) is 45.3 Å². The molecule has 1 fully saturated rings. The van der Waals surface area contributed by atoms with Crippen molar-refractivity contribution in [2.75, 3.05) is 13.1 Å². The van der Waals surface area contributed by atoms with Crippen molar-refractivity contribution in [1.29, 1.82) is 0 Å². The molecular formula is C17H23ClN2O3. The summed E-state index contributed by atoms with van der Waals surface area (Å²) in [4.78, 5) is 25.9. The Balaban J connectivity index is 1.96. The largest absolute Gasteiger partial charge is 0.444 e. The Morgan fingerprint density at radius 1 is 1.35 bits per heavy atom. The minimum absolute atomic E-state index is 0.0309. The van der Waals surface area contributed by atoms with Crippen LogP contribution in [-0.2, 0) is 9.53 Å². The molecule has 2 amide bonds. The minimum Gasteiger partial charge on any atom is -0.444 e. The normalized spacial score (nSPS) is 17.9. The van der Waals surface area contributed by atoms with Gasteiger partial charge in [0, 0.05) is 11.6 Å². The zero-order chi connectivity index (χ0) is 17.0. The predicted molar refractivity (Wildman–Crippen MR) is 89.4 cm³/mol. The quantitative estimate of drug-likeness (QED) is 0.917. The van der Waals surface area contributed by atoms with E-state index in [1.807, 2.05) is 24.3 Å². The van der Waals surface area contributed by atoms with Crippen LogP contribution in [0.25, 0.3) is 0 Å². The summed E-state index contributed by atoms with van der Waals surface area (Å²) >= 11 is 6.25. The number of nitrogens with one attached hydrogen (secondary N) is 1. The third-order valence-electron chi connectivity index (χ3n) is 3.62. The van der Waals surface area contributed by atoms with Crippen LogP contribution in [0.2, 0.25) is 5.02 Å².